The first kappa shape index (κ1) is 22.8. The fourth-order valence-electron chi connectivity index (χ4n) is 3.86. The molecule has 0 fully saturated rings. The van der Waals surface area contributed by atoms with Crippen LogP contribution < -0.4 is 10.6 Å². The number of carbonyl (C=O) groups excluding carboxylic acids is 2. The quantitative estimate of drug-likeness (QED) is 0.675. The number of carbonyl (C=O) groups is 2. The van der Waals surface area contributed by atoms with E-state index in [1.54, 1.807) is 4.90 Å². The molecule has 2 aromatic carbocycles. The van der Waals surface area contributed by atoms with Gasteiger partial charge < -0.3 is 15.2 Å². The highest BCUT2D eigenvalue weighted by atomic mass is 16.6. The highest BCUT2D eigenvalue weighted by Crippen LogP contribution is 2.48. The average Bonchev–Trinajstić information content (AvgIpc) is 2.65. The third-order valence-corrected chi connectivity index (χ3v) is 4.97. The molecule has 3 atom stereocenters. The number of hydrogen-bond donors (Lipinski definition) is 1. The Labute approximate surface area is 184 Å². The van der Waals surface area contributed by atoms with Gasteiger partial charge in [0, 0.05) is 6.04 Å². The number of amides is 1. The van der Waals surface area contributed by atoms with Crippen molar-refractivity contribution < 1.29 is 19.1 Å². The number of anilines is 1. The molecule has 1 heterocycles. The lowest BCUT2D eigenvalue weighted by atomic mass is 9.78. The molecular formula is C25H32N2O4. The van der Waals surface area contributed by atoms with E-state index in [1.807, 2.05) is 96.1 Å². The number of para-hydroxylation sites is 1. The second kappa shape index (κ2) is 8.35. The molecule has 1 aliphatic heterocycles. The topological polar surface area (TPSA) is 81.9 Å². The standard InChI is InChI=1S/C25H32N2O4/c1-24(2,3)30-22(28)19-20(26)17-14-10-11-15-18(17)27(23(29)31-25(4,5)6)21(19)16-12-8-7-9-13-16/h7-15,19-21H,26H2,1-6H3/t19-,20+,21-/m0/s1. The first-order valence-electron chi connectivity index (χ1n) is 10.5. The van der Waals surface area contributed by atoms with Gasteiger partial charge in [-0.25, -0.2) is 4.79 Å². The van der Waals surface area contributed by atoms with Gasteiger partial charge in [-0.3, -0.25) is 9.69 Å². The van der Waals surface area contributed by atoms with Gasteiger partial charge >= 0.3 is 12.1 Å². The van der Waals surface area contributed by atoms with Crippen LogP contribution in [0, 0.1) is 5.92 Å². The molecule has 2 aromatic rings. The van der Waals surface area contributed by atoms with Crippen molar-refractivity contribution in [3.05, 3.63) is 65.7 Å². The van der Waals surface area contributed by atoms with E-state index in [-0.39, 0.29) is 0 Å². The van der Waals surface area contributed by atoms with Crippen LogP contribution in [0.4, 0.5) is 10.5 Å². The molecule has 2 N–H and O–H groups in total. The van der Waals surface area contributed by atoms with Gasteiger partial charge in [0.05, 0.1) is 11.7 Å². The van der Waals surface area contributed by atoms with E-state index in [9.17, 15) is 9.59 Å². The molecule has 0 spiro atoms. The summed E-state index contributed by atoms with van der Waals surface area (Å²) >= 11 is 0. The van der Waals surface area contributed by atoms with Gasteiger partial charge in [0.15, 0.2) is 0 Å². The first-order chi connectivity index (χ1) is 14.4. The predicted molar refractivity (Wildman–Crippen MR) is 121 cm³/mol. The number of nitrogens with zero attached hydrogens (tertiary/aromatic N) is 1. The molecule has 0 saturated heterocycles. The normalized spacial score (nSPS) is 21.3. The van der Waals surface area contributed by atoms with Crippen molar-refractivity contribution in [1.82, 2.24) is 0 Å². The summed E-state index contributed by atoms with van der Waals surface area (Å²) in [5.74, 6) is -1.25. The van der Waals surface area contributed by atoms with Crippen LogP contribution in [0.5, 0.6) is 0 Å². The number of nitrogens with two attached hydrogens (primary N) is 1. The number of hydrogen-bond acceptors (Lipinski definition) is 5. The molecule has 166 valence electrons. The zero-order valence-corrected chi connectivity index (χ0v) is 19.1. The Kier molecular flexibility index (Phi) is 6.14. The lowest BCUT2D eigenvalue weighted by Crippen LogP contribution is -2.51. The minimum absolute atomic E-state index is 0.447. The van der Waals surface area contributed by atoms with Crippen molar-refractivity contribution in [2.75, 3.05) is 4.90 Å². The second-order valence-corrected chi connectivity index (χ2v) is 9.85. The Morgan fingerprint density at radius 3 is 1.97 bits per heavy atom. The third-order valence-electron chi connectivity index (χ3n) is 4.97. The molecule has 1 aliphatic rings. The van der Waals surface area contributed by atoms with Crippen molar-refractivity contribution in [3.8, 4) is 0 Å². The van der Waals surface area contributed by atoms with E-state index >= 15 is 0 Å². The van der Waals surface area contributed by atoms with Crippen LogP contribution in [0.3, 0.4) is 0 Å². The van der Waals surface area contributed by atoms with Gasteiger partial charge in [0.2, 0.25) is 0 Å². The van der Waals surface area contributed by atoms with Gasteiger partial charge in [-0.15, -0.1) is 0 Å². The molecule has 1 amide bonds. The minimum Gasteiger partial charge on any atom is -0.460 e. The molecule has 0 unspecified atom stereocenters. The van der Waals surface area contributed by atoms with Gasteiger partial charge in [-0.1, -0.05) is 48.5 Å². The van der Waals surface area contributed by atoms with E-state index in [1.165, 1.54) is 0 Å². The van der Waals surface area contributed by atoms with E-state index in [0.717, 1.165) is 5.56 Å². The van der Waals surface area contributed by atoms with Gasteiger partial charge in [-0.2, -0.15) is 0 Å². The minimum atomic E-state index is -0.802. The van der Waals surface area contributed by atoms with Crippen LogP contribution in [-0.4, -0.2) is 23.3 Å². The first-order valence-corrected chi connectivity index (χ1v) is 10.5. The Balaban J connectivity index is 2.20. The maximum Gasteiger partial charge on any atom is 0.415 e. The maximum atomic E-state index is 13.4. The Bertz CT molecular complexity index is 944. The Morgan fingerprint density at radius 1 is 0.839 bits per heavy atom. The summed E-state index contributed by atoms with van der Waals surface area (Å²) in [6, 6.07) is 15.5. The summed E-state index contributed by atoms with van der Waals surface area (Å²) in [6.45, 7) is 10.9. The number of benzene rings is 2. The lowest BCUT2D eigenvalue weighted by Gasteiger charge is -2.45. The maximum absolute atomic E-state index is 13.4. The van der Waals surface area contributed by atoms with Gasteiger partial charge in [0.1, 0.15) is 17.1 Å². The second-order valence-electron chi connectivity index (χ2n) is 9.85. The van der Waals surface area contributed by atoms with Crippen LogP contribution in [0.15, 0.2) is 54.6 Å². The monoisotopic (exact) mass is 424 g/mol. The zero-order valence-electron chi connectivity index (χ0n) is 19.1. The summed E-state index contributed by atoms with van der Waals surface area (Å²) in [5.41, 5.74) is 7.39. The number of ether oxygens (including phenoxy) is 2. The molecule has 0 aliphatic carbocycles. The van der Waals surface area contributed by atoms with E-state index in [4.69, 9.17) is 15.2 Å². The van der Waals surface area contributed by atoms with Crippen LogP contribution >= 0.6 is 0 Å². The number of fused-ring (bicyclic) bond motifs is 1. The molecule has 6 nitrogen and oxygen atoms in total. The highest BCUT2D eigenvalue weighted by Gasteiger charge is 2.49. The Morgan fingerprint density at radius 2 is 1.39 bits per heavy atom. The summed E-state index contributed by atoms with van der Waals surface area (Å²) in [4.78, 5) is 28.4. The van der Waals surface area contributed by atoms with Crippen molar-refractivity contribution in [2.45, 2.75) is 64.8 Å². The van der Waals surface area contributed by atoms with Crippen molar-refractivity contribution in [2.24, 2.45) is 11.7 Å². The van der Waals surface area contributed by atoms with E-state index in [0.29, 0.717) is 11.3 Å². The number of rotatable bonds is 2. The average molecular weight is 425 g/mol. The molecule has 6 heteroatoms. The van der Waals surface area contributed by atoms with E-state index < -0.39 is 41.3 Å². The molecule has 0 saturated carbocycles. The van der Waals surface area contributed by atoms with Crippen LogP contribution in [-0.2, 0) is 14.3 Å². The molecule has 0 bridgehead atoms. The van der Waals surface area contributed by atoms with Crippen LogP contribution in [0.2, 0.25) is 0 Å². The fraction of sp³-hybridized carbons (Fsp3) is 0.440. The zero-order chi connectivity index (χ0) is 23.0. The SMILES string of the molecule is CC(C)(C)OC(=O)[C@H]1[C@H](N)c2ccccc2N(C(=O)OC(C)(C)C)[C@H]1c1ccccc1. The molecule has 31 heavy (non-hydrogen) atoms. The molecule has 0 radical (unpaired) electrons. The molecular weight excluding hydrogens is 392 g/mol. The lowest BCUT2D eigenvalue weighted by molar-refractivity contribution is -0.162. The van der Waals surface area contributed by atoms with Crippen molar-refractivity contribution >= 4 is 17.7 Å². The number of esters is 1. The van der Waals surface area contributed by atoms with Gasteiger partial charge in [-0.05, 0) is 58.7 Å². The summed E-state index contributed by atoms with van der Waals surface area (Å²) in [5, 5.41) is 0. The Hall–Kier alpha value is -2.86. The molecule has 3 rings (SSSR count). The molecule has 0 aromatic heterocycles. The van der Waals surface area contributed by atoms with Crippen molar-refractivity contribution in [3.63, 3.8) is 0 Å². The fourth-order valence-corrected chi connectivity index (χ4v) is 3.86. The third kappa shape index (κ3) is 5.07. The van der Waals surface area contributed by atoms with Crippen LogP contribution in [0.1, 0.15) is 64.8 Å². The predicted octanol–water partition coefficient (Wildman–Crippen LogP) is 5.14. The van der Waals surface area contributed by atoms with Crippen molar-refractivity contribution in [1.29, 1.82) is 0 Å². The van der Waals surface area contributed by atoms with E-state index in [2.05, 4.69) is 0 Å². The largest absolute Gasteiger partial charge is 0.460 e. The smallest absolute Gasteiger partial charge is 0.415 e. The summed E-state index contributed by atoms with van der Waals surface area (Å²) in [6.07, 6.45) is -0.533. The van der Waals surface area contributed by atoms with Crippen LogP contribution in [0.25, 0.3) is 0 Å². The van der Waals surface area contributed by atoms with Gasteiger partial charge in [0.25, 0.3) is 0 Å². The summed E-state index contributed by atoms with van der Waals surface area (Å²) in [7, 11) is 0. The highest BCUT2D eigenvalue weighted by molar-refractivity contribution is 5.93. The summed E-state index contributed by atoms with van der Waals surface area (Å²) < 4.78 is 11.5.